The van der Waals surface area contributed by atoms with Crippen LogP contribution in [0.15, 0.2) is 54.1 Å². The van der Waals surface area contributed by atoms with E-state index in [2.05, 4.69) is 18.8 Å². The van der Waals surface area contributed by atoms with Crippen molar-refractivity contribution in [2.24, 2.45) is 5.92 Å². The Kier molecular flexibility index (Phi) is 8.44. The molecule has 204 valence electrons. The van der Waals surface area contributed by atoms with Gasteiger partial charge in [-0.15, -0.1) is 0 Å². The molecule has 1 saturated heterocycles. The Balaban J connectivity index is 1.85. The van der Waals surface area contributed by atoms with Gasteiger partial charge in [-0.05, 0) is 68.1 Å². The maximum absolute atomic E-state index is 13.6. The van der Waals surface area contributed by atoms with E-state index in [9.17, 15) is 23.9 Å². The van der Waals surface area contributed by atoms with Gasteiger partial charge in [-0.25, -0.2) is 14.2 Å². The summed E-state index contributed by atoms with van der Waals surface area (Å²) in [6, 6.07) is 10.8. The number of aliphatic hydroxyl groups is 1. The highest BCUT2D eigenvalue weighted by Crippen LogP contribution is 2.44. The number of amides is 1. The quantitative estimate of drug-likeness (QED) is 0.154. The molecule has 3 aromatic rings. The first kappa shape index (κ1) is 28.0. The first-order valence-electron chi connectivity index (χ1n) is 12.6. The number of rotatable bonds is 9. The molecular weight excluding hydrogens is 523 g/mol. The number of esters is 1. The molecule has 1 aliphatic rings. The number of benzene rings is 2. The summed E-state index contributed by atoms with van der Waals surface area (Å²) in [5.41, 5.74) is 0.826. The van der Waals surface area contributed by atoms with E-state index in [1.165, 1.54) is 17.0 Å². The van der Waals surface area contributed by atoms with Gasteiger partial charge in [0.1, 0.15) is 22.2 Å². The van der Waals surface area contributed by atoms with Crippen LogP contribution in [0.25, 0.3) is 5.76 Å². The molecule has 2 heterocycles. The maximum atomic E-state index is 13.6. The number of aliphatic hydroxyl groups excluding tert-OH is 1. The van der Waals surface area contributed by atoms with Crippen LogP contribution in [0.4, 0.5) is 9.52 Å². The normalized spacial score (nSPS) is 16.7. The van der Waals surface area contributed by atoms with Crippen molar-refractivity contribution in [3.8, 4) is 5.75 Å². The molecule has 1 aromatic heterocycles. The molecule has 0 radical (unpaired) electrons. The Morgan fingerprint density at radius 3 is 2.56 bits per heavy atom. The molecule has 1 atom stereocenters. The fourth-order valence-corrected chi connectivity index (χ4v) is 5.15. The highest BCUT2D eigenvalue weighted by Gasteiger charge is 2.48. The number of aryl methyl sites for hydroxylation is 1. The van der Waals surface area contributed by atoms with E-state index in [4.69, 9.17) is 9.47 Å². The van der Waals surface area contributed by atoms with Gasteiger partial charge in [0.15, 0.2) is 5.13 Å². The van der Waals surface area contributed by atoms with Crippen molar-refractivity contribution in [2.75, 3.05) is 18.1 Å². The molecule has 1 N–H and O–H groups in total. The summed E-state index contributed by atoms with van der Waals surface area (Å²) in [6.07, 6.45) is 0.836. The second-order valence-corrected chi connectivity index (χ2v) is 10.4. The predicted octanol–water partition coefficient (Wildman–Crippen LogP) is 5.82. The monoisotopic (exact) mass is 552 g/mol. The fourth-order valence-electron chi connectivity index (χ4n) is 4.17. The Bertz CT molecular complexity index is 1430. The Hall–Kier alpha value is -4.05. The minimum Gasteiger partial charge on any atom is -0.507 e. The Labute approximate surface area is 229 Å². The van der Waals surface area contributed by atoms with Gasteiger partial charge < -0.3 is 14.6 Å². The zero-order valence-corrected chi connectivity index (χ0v) is 22.9. The number of carbonyl (C=O) groups is 3. The standard InChI is InChI=1S/C29H29FN2O6S/c1-5-37-28(36)26-17(4)31-29(39-26)32-23(19-7-6-8-21(15-19)38-14-13-16(2)3)22(25(34)27(32)35)24(33)18-9-11-20(30)12-10-18/h6-12,15-16,23,33H,5,13-14H2,1-4H3. The van der Waals surface area contributed by atoms with Crippen LogP contribution in [0, 0.1) is 18.7 Å². The van der Waals surface area contributed by atoms with Crippen molar-refractivity contribution in [3.63, 3.8) is 0 Å². The minimum atomic E-state index is -1.08. The smallest absolute Gasteiger partial charge is 0.350 e. The highest BCUT2D eigenvalue weighted by molar-refractivity contribution is 7.17. The summed E-state index contributed by atoms with van der Waals surface area (Å²) < 4.78 is 24.6. The van der Waals surface area contributed by atoms with Crippen LogP contribution in [0.3, 0.4) is 0 Å². The molecule has 4 rings (SSSR count). The maximum Gasteiger partial charge on any atom is 0.350 e. The molecule has 0 bridgehead atoms. The number of Topliss-reactive ketones (excluding diaryl/α,β-unsaturated/α-hetero) is 1. The molecule has 2 aromatic carbocycles. The van der Waals surface area contributed by atoms with E-state index in [0.717, 1.165) is 29.9 Å². The number of ether oxygens (including phenoxy) is 2. The van der Waals surface area contributed by atoms with Crippen LogP contribution < -0.4 is 9.64 Å². The number of hydrogen-bond donors (Lipinski definition) is 1. The number of thiazole rings is 1. The molecule has 8 nitrogen and oxygen atoms in total. The van der Waals surface area contributed by atoms with Crippen molar-refractivity contribution in [2.45, 2.75) is 40.2 Å². The average Bonchev–Trinajstić information content (AvgIpc) is 3.41. The van der Waals surface area contributed by atoms with Gasteiger partial charge in [0.2, 0.25) is 0 Å². The molecule has 1 amide bonds. The lowest BCUT2D eigenvalue weighted by Gasteiger charge is -2.23. The Morgan fingerprint density at radius 2 is 1.90 bits per heavy atom. The van der Waals surface area contributed by atoms with Crippen molar-refractivity contribution in [1.82, 2.24) is 4.98 Å². The Morgan fingerprint density at radius 1 is 1.18 bits per heavy atom. The van der Waals surface area contributed by atoms with E-state index in [0.29, 0.717) is 29.5 Å². The van der Waals surface area contributed by atoms with E-state index >= 15 is 0 Å². The lowest BCUT2D eigenvalue weighted by molar-refractivity contribution is -0.132. The largest absolute Gasteiger partial charge is 0.507 e. The second kappa shape index (κ2) is 11.8. The number of anilines is 1. The summed E-state index contributed by atoms with van der Waals surface area (Å²) in [5.74, 6) is -2.43. The number of hydrogen-bond acceptors (Lipinski definition) is 8. The van der Waals surface area contributed by atoms with Crippen molar-refractivity contribution in [1.29, 1.82) is 0 Å². The third-order valence-electron chi connectivity index (χ3n) is 6.15. The first-order valence-corrected chi connectivity index (χ1v) is 13.4. The summed E-state index contributed by atoms with van der Waals surface area (Å²) >= 11 is 0.924. The third kappa shape index (κ3) is 5.85. The van der Waals surface area contributed by atoms with Gasteiger partial charge in [-0.1, -0.05) is 37.3 Å². The van der Waals surface area contributed by atoms with Gasteiger partial charge in [-0.3, -0.25) is 14.5 Å². The summed E-state index contributed by atoms with van der Waals surface area (Å²) in [5, 5.41) is 11.3. The van der Waals surface area contributed by atoms with Crippen LogP contribution >= 0.6 is 11.3 Å². The fraction of sp³-hybridized carbons (Fsp3) is 0.310. The van der Waals surface area contributed by atoms with Crippen LogP contribution in [0.1, 0.15) is 59.7 Å². The summed E-state index contributed by atoms with van der Waals surface area (Å²) in [7, 11) is 0. The van der Waals surface area contributed by atoms with E-state index in [-0.39, 0.29) is 27.8 Å². The molecule has 1 fully saturated rings. The van der Waals surface area contributed by atoms with E-state index < -0.39 is 35.3 Å². The minimum absolute atomic E-state index is 0.104. The van der Waals surface area contributed by atoms with Crippen LogP contribution in [0.2, 0.25) is 0 Å². The summed E-state index contributed by atoms with van der Waals surface area (Å²) in [6.45, 7) is 8.11. The topological polar surface area (TPSA) is 106 Å². The molecule has 1 unspecified atom stereocenters. The molecule has 0 aliphatic carbocycles. The molecule has 0 spiro atoms. The van der Waals surface area contributed by atoms with Crippen molar-refractivity contribution >= 4 is 39.9 Å². The molecular formula is C29H29FN2O6S. The second-order valence-electron chi connectivity index (χ2n) is 9.41. The van der Waals surface area contributed by atoms with Crippen LogP contribution in [-0.2, 0) is 14.3 Å². The zero-order chi connectivity index (χ0) is 28.3. The van der Waals surface area contributed by atoms with Gasteiger partial charge >= 0.3 is 11.9 Å². The number of carbonyl (C=O) groups excluding carboxylic acids is 3. The molecule has 1 aliphatic heterocycles. The van der Waals surface area contributed by atoms with E-state index in [1.807, 2.05) is 0 Å². The lowest BCUT2D eigenvalue weighted by atomic mass is 9.95. The van der Waals surface area contributed by atoms with E-state index in [1.54, 1.807) is 38.1 Å². The molecule has 10 heteroatoms. The van der Waals surface area contributed by atoms with Gasteiger partial charge in [0.05, 0.1) is 30.5 Å². The first-order chi connectivity index (χ1) is 18.6. The zero-order valence-electron chi connectivity index (χ0n) is 22.1. The van der Waals surface area contributed by atoms with Gasteiger partial charge in [0, 0.05) is 5.56 Å². The van der Waals surface area contributed by atoms with Crippen molar-refractivity contribution < 1.29 is 33.4 Å². The number of halogens is 1. The van der Waals surface area contributed by atoms with Crippen molar-refractivity contribution in [3.05, 3.63) is 81.6 Å². The number of ketones is 1. The molecule has 0 saturated carbocycles. The van der Waals surface area contributed by atoms with Gasteiger partial charge in [0.25, 0.3) is 5.78 Å². The average molecular weight is 553 g/mol. The summed E-state index contributed by atoms with van der Waals surface area (Å²) in [4.78, 5) is 45.1. The molecule has 39 heavy (non-hydrogen) atoms. The van der Waals surface area contributed by atoms with Crippen LogP contribution in [0.5, 0.6) is 5.75 Å². The number of aromatic nitrogens is 1. The number of nitrogens with zero attached hydrogens (tertiary/aromatic N) is 2. The highest BCUT2D eigenvalue weighted by atomic mass is 32.1. The third-order valence-corrected chi connectivity index (χ3v) is 7.29. The van der Waals surface area contributed by atoms with Crippen LogP contribution in [-0.4, -0.2) is 41.0 Å². The lowest BCUT2D eigenvalue weighted by Crippen LogP contribution is -2.29. The predicted molar refractivity (Wildman–Crippen MR) is 145 cm³/mol. The van der Waals surface area contributed by atoms with Gasteiger partial charge in [-0.2, -0.15) is 0 Å². The SMILES string of the molecule is CCOC(=O)c1sc(N2C(=O)C(=O)C(=C(O)c3ccc(F)cc3)C2c2cccc(OCCC(C)C)c2)nc1C.